The molecule has 74 valence electrons. The molecule has 1 saturated carbocycles. The maximum Gasteiger partial charge on any atom is 0.0602 e. The Labute approximate surface area is 85.1 Å². The van der Waals surface area contributed by atoms with Crippen LogP contribution in [0.25, 0.3) is 6.08 Å². The molecule has 0 saturated heterocycles. The predicted molar refractivity (Wildman–Crippen MR) is 58.8 cm³/mol. The third kappa shape index (κ3) is 2.24. The second-order valence-electron chi connectivity index (χ2n) is 3.93. The van der Waals surface area contributed by atoms with Gasteiger partial charge in [0, 0.05) is 5.92 Å². The molecule has 1 aromatic rings. The quantitative estimate of drug-likeness (QED) is 0.756. The van der Waals surface area contributed by atoms with E-state index in [1.165, 1.54) is 5.56 Å². The predicted octanol–water partition coefficient (Wildman–Crippen LogP) is 2.86. The molecule has 0 radical (unpaired) electrons. The monoisotopic (exact) mass is 188 g/mol. The first kappa shape index (κ1) is 9.47. The van der Waals surface area contributed by atoms with Crippen LogP contribution in [0, 0.1) is 5.92 Å². The van der Waals surface area contributed by atoms with E-state index in [9.17, 15) is 5.11 Å². The summed E-state index contributed by atoms with van der Waals surface area (Å²) in [5, 5.41) is 9.62. The highest BCUT2D eigenvalue weighted by molar-refractivity contribution is 5.49. The van der Waals surface area contributed by atoms with Crippen LogP contribution in [0.3, 0.4) is 0 Å². The molecule has 1 N–H and O–H groups in total. The molecule has 0 amide bonds. The second-order valence-corrected chi connectivity index (χ2v) is 3.93. The molecule has 1 aromatic carbocycles. The lowest BCUT2D eigenvalue weighted by atomic mass is 10.0. The van der Waals surface area contributed by atoms with Gasteiger partial charge in [0.1, 0.15) is 0 Å². The first-order valence-corrected chi connectivity index (χ1v) is 5.27. The van der Waals surface area contributed by atoms with Crippen molar-refractivity contribution in [2.75, 3.05) is 0 Å². The summed E-state index contributed by atoms with van der Waals surface area (Å²) >= 11 is 0. The average molecular weight is 188 g/mol. The van der Waals surface area contributed by atoms with Gasteiger partial charge in [0.15, 0.2) is 0 Å². The summed E-state index contributed by atoms with van der Waals surface area (Å²) in [4.78, 5) is 0. The molecule has 1 nitrogen and oxygen atoms in total. The van der Waals surface area contributed by atoms with Crippen LogP contribution in [0.5, 0.6) is 0 Å². The van der Waals surface area contributed by atoms with Gasteiger partial charge in [-0.3, -0.25) is 0 Å². The highest BCUT2D eigenvalue weighted by Gasteiger charge is 2.22. The Morgan fingerprint density at radius 3 is 2.57 bits per heavy atom. The Bertz CT molecular complexity index is 302. The molecule has 0 heterocycles. The Morgan fingerprint density at radius 2 is 1.93 bits per heavy atom. The van der Waals surface area contributed by atoms with E-state index in [-0.39, 0.29) is 6.10 Å². The number of rotatable bonds is 2. The van der Waals surface area contributed by atoms with Crippen molar-refractivity contribution in [2.45, 2.75) is 25.4 Å². The number of hydrogen-bond acceptors (Lipinski definition) is 1. The van der Waals surface area contributed by atoms with E-state index in [0.717, 1.165) is 19.3 Å². The minimum Gasteiger partial charge on any atom is -0.393 e. The van der Waals surface area contributed by atoms with Crippen LogP contribution >= 0.6 is 0 Å². The van der Waals surface area contributed by atoms with Gasteiger partial charge in [-0.05, 0) is 18.4 Å². The lowest BCUT2D eigenvalue weighted by molar-refractivity contribution is 0.153. The molecule has 0 aliphatic heterocycles. The third-order valence-corrected chi connectivity index (χ3v) is 2.87. The summed E-state index contributed by atoms with van der Waals surface area (Å²) < 4.78 is 0. The van der Waals surface area contributed by atoms with Gasteiger partial charge in [-0.15, -0.1) is 0 Å². The average Bonchev–Trinajstić information content (AvgIpc) is 2.63. The molecule has 0 bridgehead atoms. The summed E-state index contributed by atoms with van der Waals surface area (Å²) in [6.07, 6.45) is 7.39. The Kier molecular flexibility index (Phi) is 3.00. The molecular weight excluding hydrogens is 172 g/mol. The van der Waals surface area contributed by atoms with E-state index < -0.39 is 0 Å². The zero-order valence-corrected chi connectivity index (χ0v) is 8.26. The second kappa shape index (κ2) is 4.43. The molecular formula is C13H16O. The molecule has 1 fully saturated rings. The van der Waals surface area contributed by atoms with E-state index in [0.29, 0.717) is 5.92 Å². The van der Waals surface area contributed by atoms with Gasteiger partial charge in [-0.25, -0.2) is 0 Å². The van der Waals surface area contributed by atoms with Crippen molar-refractivity contribution in [3.63, 3.8) is 0 Å². The third-order valence-electron chi connectivity index (χ3n) is 2.87. The molecule has 2 atom stereocenters. The minimum absolute atomic E-state index is 0.116. The van der Waals surface area contributed by atoms with Crippen LogP contribution in [-0.2, 0) is 0 Å². The van der Waals surface area contributed by atoms with Crippen molar-refractivity contribution < 1.29 is 5.11 Å². The standard InChI is InChI=1S/C13H16O/c14-13-8-4-7-12(13)10-9-11-5-2-1-3-6-11/h1-3,5-6,9-10,12-14H,4,7-8H2. The summed E-state index contributed by atoms with van der Waals surface area (Å²) in [5.74, 6) is 0.371. The van der Waals surface area contributed by atoms with Crippen molar-refractivity contribution in [1.29, 1.82) is 0 Å². The maximum atomic E-state index is 9.62. The van der Waals surface area contributed by atoms with Gasteiger partial charge >= 0.3 is 0 Å². The fourth-order valence-electron chi connectivity index (χ4n) is 1.99. The maximum absolute atomic E-state index is 9.62. The minimum atomic E-state index is -0.116. The molecule has 14 heavy (non-hydrogen) atoms. The number of hydrogen-bond donors (Lipinski definition) is 1. The normalized spacial score (nSPS) is 27.2. The van der Waals surface area contributed by atoms with Crippen LogP contribution in [0.2, 0.25) is 0 Å². The van der Waals surface area contributed by atoms with E-state index in [2.05, 4.69) is 24.3 Å². The summed E-state index contributed by atoms with van der Waals surface area (Å²) in [7, 11) is 0. The molecule has 2 unspecified atom stereocenters. The fourth-order valence-corrected chi connectivity index (χ4v) is 1.99. The Balaban J connectivity index is 2.00. The lowest BCUT2D eigenvalue weighted by Crippen LogP contribution is -2.09. The lowest BCUT2D eigenvalue weighted by Gasteiger charge is -2.07. The smallest absolute Gasteiger partial charge is 0.0602 e. The van der Waals surface area contributed by atoms with Gasteiger partial charge in [-0.2, -0.15) is 0 Å². The van der Waals surface area contributed by atoms with Crippen LogP contribution in [0.1, 0.15) is 24.8 Å². The highest BCUT2D eigenvalue weighted by atomic mass is 16.3. The molecule has 0 aromatic heterocycles. The van der Waals surface area contributed by atoms with Crippen LogP contribution < -0.4 is 0 Å². The first-order chi connectivity index (χ1) is 6.86. The zero-order chi connectivity index (χ0) is 9.80. The van der Waals surface area contributed by atoms with Crippen LogP contribution in [-0.4, -0.2) is 11.2 Å². The topological polar surface area (TPSA) is 20.2 Å². The molecule has 2 rings (SSSR count). The van der Waals surface area contributed by atoms with Gasteiger partial charge < -0.3 is 5.11 Å². The summed E-state index contributed by atoms with van der Waals surface area (Å²) in [6, 6.07) is 10.2. The van der Waals surface area contributed by atoms with Crippen LogP contribution in [0.4, 0.5) is 0 Å². The van der Waals surface area contributed by atoms with Crippen molar-refractivity contribution in [2.24, 2.45) is 5.92 Å². The molecule has 1 aliphatic rings. The number of aliphatic hydroxyl groups excluding tert-OH is 1. The van der Waals surface area contributed by atoms with E-state index >= 15 is 0 Å². The fraction of sp³-hybridized carbons (Fsp3) is 0.385. The molecule has 0 spiro atoms. The van der Waals surface area contributed by atoms with E-state index in [4.69, 9.17) is 0 Å². The molecule has 1 heteroatoms. The van der Waals surface area contributed by atoms with Gasteiger partial charge in [-0.1, -0.05) is 48.9 Å². The summed E-state index contributed by atoms with van der Waals surface area (Å²) in [6.45, 7) is 0. The van der Waals surface area contributed by atoms with Crippen molar-refractivity contribution in [3.8, 4) is 0 Å². The zero-order valence-electron chi connectivity index (χ0n) is 8.26. The first-order valence-electron chi connectivity index (χ1n) is 5.27. The van der Waals surface area contributed by atoms with E-state index in [1.54, 1.807) is 0 Å². The van der Waals surface area contributed by atoms with Gasteiger partial charge in [0.05, 0.1) is 6.10 Å². The number of benzene rings is 1. The SMILES string of the molecule is OC1CCCC1C=Cc1ccccc1. The summed E-state index contributed by atoms with van der Waals surface area (Å²) in [5.41, 5.74) is 1.21. The van der Waals surface area contributed by atoms with Crippen molar-refractivity contribution >= 4 is 6.08 Å². The van der Waals surface area contributed by atoms with Crippen molar-refractivity contribution in [3.05, 3.63) is 42.0 Å². The Hall–Kier alpha value is -1.08. The molecule has 1 aliphatic carbocycles. The van der Waals surface area contributed by atoms with Crippen molar-refractivity contribution in [1.82, 2.24) is 0 Å². The Morgan fingerprint density at radius 1 is 1.14 bits per heavy atom. The highest BCUT2D eigenvalue weighted by Crippen LogP contribution is 2.27. The van der Waals surface area contributed by atoms with E-state index in [1.807, 2.05) is 18.2 Å². The van der Waals surface area contributed by atoms with Gasteiger partial charge in [0.2, 0.25) is 0 Å². The number of aliphatic hydroxyl groups is 1. The van der Waals surface area contributed by atoms with Gasteiger partial charge in [0.25, 0.3) is 0 Å². The largest absolute Gasteiger partial charge is 0.393 e. The van der Waals surface area contributed by atoms with Crippen LogP contribution in [0.15, 0.2) is 36.4 Å².